The van der Waals surface area contributed by atoms with Crippen molar-refractivity contribution in [2.24, 2.45) is 5.16 Å². The molecule has 0 spiro atoms. The topological polar surface area (TPSA) is 123 Å². The lowest BCUT2D eigenvalue weighted by atomic mass is 9.90. The summed E-state index contributed by atoms with van der Waals surface area (Å²) in [6.07, 6.45) is -4.94. The molecule has 0 amide bonds. The minimum atomic E-state index is -1.44. The summed E-state index contributed by atoms with van der Waals surface area (Å²) in [6.45, 7) is 1.43. The van der Waals surface area contributed by atoms with Crippen LogP contribution in [0, 0.1) is 0 Å². The van der Waals surface area contributed by atoms with E-state index < -0.39 is 37.1 Å². The van der Waals surface area contributed by atoms with Crippen molar-refractivity contribution in [1.82, 2.24) is 0 Å². The molecule has 0 bridgehead atoms. The predicted molar refractivity (Wildman–Crippen MR) is 112 cm³/mol. The molecule has 2 aromatic carbocycles. The number of rotatable bonds is 6. The van der Waals surface area contributed by atoms with Gasteiger partial charge in [0.2, 0.25) is 0 Å². The number of benzene rings is 2. The maximum Gasteiger partial charge on any atom is 0.113 e. The van der Waals surface area contributed by atoms with Gasteiger partial charge in [0.25, 0.3) is 0 Å². The summed E-state index contributed by atoms with van der Waals surface area (Å²) in [7, 11) is 0. The highest BCUT2D eigenvalue weighted by atomic mass is 35.5. The average molecular weight is 436 g/mol. The fourth-order valence-corrected chi connectivity index (χ4v) is 3.84. The van der Waals surface area contributed by atoms with E-state index in [-0.39, 0.29) is 0 Å². The van der Waals surface area contributed by atoms with Gasteiger partial charge in [0.05, 0.1) is 12.3 Å². The number of hydrogen-bond acceptors (Lipinski definition) is 7. The van der Waals surface area contributed by atoms with Crippen LogP contribution in [0.3, 0.4) is 0 Å². The first-order valence-electron chi connectivity index (χ1n) is 9.78. The largest absolute Gasteiger partial charge is 0.411 e. The van der Waals surface area contributed by atoms with Crippen molar-refractivity contribution in [1.29, 1.82) is 0 Å². The molecule has 5 atom stereocenters. The lowest BCUT2D eigenvalue weighted by Gasteiger charge is -2.40. The lowest BCUT2D eigenvalue weighted by Crippen LogP contribution is -2.55. The van der Waals surface area contributed by atoms with Gasteiger partial charge in [-0.1, -0.05) is 60.1 Å². The van der Waals surface area contributed by atoms with Gasteiger partial charge in [0, 0.05) is 5.02 Å². The van der Waals surface area contributed by atoms with Gasteiger partial charge in [-0.25, -0.2) is 0 Å². The fraction of sp³-hybridized carbons (Fsp3) is 0.409. The van der Waals surface area contributed by atoms with Crippen molar-refractivity contribution in [3.8, 4) is 0 Å². The monoisotopic (exact) mass is 435 g/mol. The van der Waals surface area contributed by atoms with Crippen molar-refractivity contribution in [3.63, 3.8) is 0 Å². The zero-order valence-corrected chi connectivity index (χ0v) is 17.3. The third-order valence-corrected chi connectivity index (χ3v) is 5.80. The van der Waals surface area contributed by atoms with Gasteiger partial charge in [-0.15, -0.1) is 0 Å². The summed E-state index contributed by atoms with van der Waals surface area (Å²) in [5.41, 5.74) is 3.81. The minimum Gasteiger partial charge on any atom is -0.411 e. The van der Waals surface area contributed by atoms with Gasteiger partial charge in [-0.05, 0) is 41.2 Å². The zero-order chi connectivity index (χ0) is 21.8. The Morgan fingerprint density at radius 1 is 1.03 bits per heavy atom. The molecule has 0 aliphatic carbocycles. The summed E-state index contributed by atoms with van der Waals surface area (Å²) in [4.78, 5) is 0. The van der Waals surface area contributed by atoms with E-state index in [1.54, 1.807) is 18.2 Å². The number of nitrogens with zero attached hydrogens (tertiary/aromatic N) is 1. The second-order valence-electron chi connectivity index (χ2n) is 7.37. The molecule has 2 aromatic rings. The Balaban J connectivity index is 1.83. The molecular formula is C22H26ClNO6. The van der Waals surface area contributed by atoms with Crippen LogP contribution in [0.5, 0.6) is 0 Å². The van der Waals surface area contributed by atoms with E-state index >= 15 is 0 Å². The van der Waals surface area contributed by atoms with E-state index in [1.165, 1.54) is 0 Å². The fourth-order valence-electron chi connectivity index (χ4n) is 3.65. The molecule has 1 aliphatic heterocycles. The molecule has 1 heterocycles. The van der Waals surface area contributed by atoms with Crippen LogP contribution in [0.2, 0.25) is 5.02 Å². The Morgan fingerprint density at radius 2 is 1.73 bits per heavy atom. The van der Waals surface area contributed by atoms with Crippen LogP contribution < -0.4 is 0 Å². The minimum absolute atomic E-state index is 0.481. The zero-order valence-electron chi connectivity index (χ0n) is 16.5. The molecule has 0 unspecified atom stereocenters. The molecule has 3 rings (SSSR count). The van der Waals surface area contributed by atoms with Crippen molar-refractivity contribution in [2.45, 2.75) is 50.3 Å². The van der Waals surface area contributed by atoms with Crippen LogP contribution in [-0.2, 0) is 11.2 Å². The summed E-state index contributed by atoms with van der Waals surface area (Å²) in [6, 6.07) is 12.8. The maximum absolute atomic E-state index is 10.4. The van der Waals surface area contributed by atoms with Crippen LogP contribution >= 0.6 is 11.6 Å². The molecule has 1 aliphatic rings. The van der Waals surface area contributed by atoms with Gasteiger partial charge < -0.3 is 30.4 Å². The second kappa shape index (κ2) is 9.87. The van der Waals surface area contributed by atoms with Crippen molar-refractivity contribution >= 4 is 17.3 Å². The summed E-state index contributed by atoms with van der Waals surface area (Å²) in [5.74, 6) is 0. The number of oxime groups is 1. The first-order valence-corrected chi connectivity index (χ1v) is 10.2. The maximum atomic E-state index is 10.4. The molecule has 0 radical (unpaired) electrons. The van der Waals surface area contributed by atoms with E-state index in [4.69, 9.17) is 21.5 Å². The van der Waals surface area contributed by atoms with E-state index in [0.717, 1.165) is 16.7 Å². The standard InChI is InChI=1S/C22H26ClNO6/c1-2-17(24-29)13-5-3-12(4-6-13)9-15-10-14(7-8-16(15)23)22-21(28)20(27)19(26)18(11-25)30-22/h3-8,10,18-22,25-29H,2,9,11H2,1H3/t18-,19-,20+,21-,22+/m1/s1. The van der Waals surface area contributed by atoms with Gasteiger partial charge in [-0.3, -0.25) is 0 Å². The van der Waals surface area contributed by atoms with Crippen LogP contribution in [0.1, 0.15) is 41.7 Å². The quantitative estimate of drug-likeness (QED) is 0.269. The summed E-state index contributed by atoms with van der Waals surface area (Å²) >= 11 is 6.37. The highest BCUT2D eigenvalue weighted by molar-refractivity contribution is 6.31. The highest BCUT2D eigenvalue weighted by Crippen LogP contribution is 2.34. The first-order chi connectivity index (χ1) is 14.4. The van der Waals surface area contributed by atoms with Gasteiger partial charge >= 0.3 is 0 Å². The van der Waals surface area contributed by atoms with Gasteiger partial charge in [-0.2, -0.15) is 0 Å². The molecule has 0 aromatic heterocycles. The Bertz CT molecular complexity index is 886. The molecule has 7 nitrogen and oxygen atoms in total. The van der Waals surface area contributed by atoms with Crippen molar-refractivity contribution in [3.05, 3.63) is 69.7 Å². The van der Waals surface area contributed by atoms with Crippen molar-refractivity contribution in [2.75, 3.05) is 6.61 Å². The SMILES string of the molecule is CCC(=NO)c1ccc(Cc2cc([C@@H]3O[C@H](CO)[C@@H](O)[C@H](O)[C@H]3O)ccc2Cl)cc1. The van der Waals surface area contributed by atoms with Crippen molar-refractivity contribution < 1.29 is 30.4 Å². The second-order valence-corrected chi connectivity index (χ2v) is 7.78. The number of aliphatic hydroxyl groups excluding tert-OH is 4. The van der Waals surface area contributed by atoms with Gasteiger partial charge in [0.15, 0.2) is 0 Å². The highest BCUT2D eigenvalue weighted by Gasteiger charge is 2.44. The molecule has 0 saturated carbocycles. The van der Waals surface area contributed by atoms with Crippen LogP contribution in [-0.4, -0.2) is 62.4 Å². The Kier molecular flexibility index (Phi) is 7.46. The summed E-state index contributed by atoms with van der Waals surface area (Å²) in [5, 5.41) is 52.7. The number of aliphatic hydroxyl groups is 4. The summed E-state index contributed by atoms with van der Waals surface area (Å²) < 4.78 is 5.64. The molecule has 1 saturated heterocycles. The Hall–Kier alpha value is -2.00. The third kappa shape index (κ3) is 4.67. The van der Waals surface area contributed by atoms with E-state index in [2.05, 4.69) is 5.16 Å². The van der Waals surface area contributed by atoms with E-state index in [1.807, 2.05) is 31.2 Å². The molecule has 162 valence electrons. The molecule has 30 heavy (non-hydrogen) atoms. The number of hydrogen-bond donors (Lipinski definition) is 5. The molecule has 5 N–H and O–H groups in total. The normalized spacial score (nSPS) is 27.3. The van der Waals surface area contributed by atoms with Crippen LogP contribution in [0.4, 0.5) is 0 Å². The van der Waals surface area contributed by atoms with E-state index in [9.17, 15) is 20.4 Å². The Morgan fingerprint density at radius 3 is 2.33 bits per heavy atom. The molecular weight excluding hydrogens is 410 g/mol. The van der Waals surface area contributed by atoms with E-state index in [0.29, 0.717) is 29.1 Å². The molecule has 1 fully saturated rings. The van der Waals surface area contributed by atoms with Crippen LogP contribution in [0.25, 0.3) is 0 Å². The first kappa shape index (κ1) is 22.7. The average Bonchev–Trinajstić information content (AvgIpc) is 2.76. The van der Waals surface area contributed by atoms with Gasteiger partial charge in [0.1, 0.15) is 30.5 Å². The third-order valence-electron chi connectivity index (χ3n) is 5.43. The number of halogens is 1. The smallest absolute Gasteiger partial charge is 0.113 e. The number of ether oxygens (including phenoxy) is 1. The lowest BCUT2D eigenvalue weighted by molar-refractivity contribution is -0.231. The Labute approximate surface area is 179 Å². The predicted octanol–water partition coefficient (Wildman–Crippen LogP) is 2.03. The van der Waals surface area contributed by atoms with Crippen LogP contribution in [0.15, 0.2) is 47.6 Å². The molecule has 8 heteroatoms.